The van der Waals surface area contributed by atoms with Crippen molar-refractivity contribution in [2.75, 3.05) is 0 Å². The molecule has 0 aromatic rings. The molecule has 0 unspecified atom stereocenters. The van der Waals surface area contributed by atoms with Crippen molar-refractivity contribution in [3.8, 4) is 0 Å². The van der Waals surface area contributed by atoms with Crippen LogP contribution in [0.5, 0.6) is 0 Å². The summed E-state index contributed by atoms with van der Waals surface area (Å²) < 4.78 is 329. The van der Waals surface area contributed by atoms with Crippen LogP contribution in [-0.2, 0) is 317 Å². The number of rotatable bonds is 0. The quantitative estimate of drug-likeness (QED) is 0.123. The van der Waals surface area contributed by atoms with Gasteiger partial charge in [0, 0.05) is 177 Å². The van der Waals surface area contributed by atoms with Gasteiger partial charge in [0.25, 0.3) is 0 Å². The summed E-state index contributed by atoms with van der Waals surface area (Å²) in [5, 5.41) is 0. The molecule has 0 aromatic carbocycles. The molecule has 0 aliphatic rings. The molecular weight excluding hydrogens is 2980 g/mol. The molecule has 0 spiro atoms. The van der Waals surface area contributed by atoms with E-state index in [2.05, 4.69) is 0 Å². The Kier molecular flexibility index (Phi) is 205. The molecule has 58 heteroatoms. The number of hydrogen-bond acceptors (Lipinski definition) is 33. The van der Waals surface area contributed by atoms with E-state index >= 15 is 0 Å². The van der Waals surface area contributed by atoms with Crippen molar-refractivity contribution < 1.29 is 345 Å². The molecule has 0 saturated carbocycles. The standard InChI is InChI=1S/6Na.7H2O.33O.12W/h;;;;;;7*1H2;;;;;;;;;;;;;;;;;;;;;;;;;;;;;;;;;;;;;;;;;;;;;/q;;;;;;;;;;;;;;;;;;;;;;;;;;;;;;;;;;;;;;;;;;;;;;;;;;;;;;;3*+2/p-6. The van der Waals surface area contributed by atoms with Crippen LogP contribution in [0.4, 0.5) is 0 Å². The van der Waals surface area contributed by atoms with Crippen LogP contribution >= 0.6 is 0 Å². The fourth-order valence-corrected chi connectivity index (χ4v) is 0. The monoisotopic (exact) mass is 2990 g/mol. The predicted molar refractivity (Wildman–Crippen MR) is 74.1 cm³/mol. The topological polar surface area (TPSA) is 716 Å². The molecule has 0 amide bonds. The van der Waals surface area contributed by atoms with E-state index in [-0.39, 0.29) is 183 Å². The molecule has 0 heterocycles. The van der Waals surface area contributed by atoms with Crippen LogP contribution in [0.25, 0.3) is 0 Å². The second-order valence-corrected chi connectivity index (χ2v) is 26.0. The van der Waals surface area contributed by atoms with E-state index in [9.17, 15) is 0 Å². The minimum absolute atomic E-state index is 0. The van der Waals surface area contributed by atoms with E-state index in [0.29, 0.717) is 0 Å². The Balaban J connectivity index is -0.0000000167. The fraction of sp³-hybridized carbons (Fsp3) is 0. The normalized spacial score (nSPS) is 6.72. The molecule has 326 valence electrons. The van der Waals surface area contributed by atoms with Gasteiger partial charge in [-0.1, -0.05) is 0 Å². The molecule has 0 rings (SSSR count). The second-order valence-electron chi connectivity index (χ2n) is 3.18. The van der Waals surface area contributed by atoms with Gasteiger partial charge in [0.1, 0.15) is 0 Å². The molecule has 0 aliphatic heterocycles. The maximum absolute atomic E-state index is 8.87. The Hall–Kier alpha value is 7.38. The second kappa shape index (κ2) is 94.3. The Labute approximate surface area is 509 Å². The van der Waals surface area contributed by atoms with E-state index in [1.54, 1.807) is 0 Å². The van der Waals surface area contributed by atoms with Gasteiger partial charge in [-0.05, 0) is 0 Å². The first kappa shape index (κ1) is 126. The first-order valence-corrected chi connectivity index (χ1v) is 54.0. The average molecular weight is 2990 g/mol. The van der Waals surface area contributed by atoms with E-state index in [1.807, 2.05) is 0 Å². The van der Waals surface area contributed by atoms with Crippen LogP contribution in [0.2, 0.25) is 0 Å². The Morgan fingerprint density at radius 2 is 0.190 bits per heavy atom. The summed E-state index contributed by atoms with van der Waals surface area (Å²) in [4.78, 5) is 0. The van der Waals surface area contributed by atoms with Gasteiger partial charge in [-0.2, -0.15) is 0 Å². The molecular formula is H8Na6O40W12. The Bertz CT molecular complexity index is 1730. The summed E-state index contributed by atoms with van der Waals surface area (Å²) in [5.74, 6) is 0. The molecule has 6 radical (unpaired) electrons. The van der Waals surface area contributed by atoms with Crippen LogP contribution in [0.3, 0.4) is 0 Å². The van der Waals surface area contributed by atoms with Crippen LogP contribution in [-0.4, -0.2) is 205 Å². The van der Waals surface area contributed by atoms with E-state index < -0.39 is 205 Å². The van der Waals surface area contributed by atoms with Gasteiger partial charge in [0.2, 0.25) is 0 Å². The van der Waals surface area contributed by atoms with E-state index in [4.69, 9.17) is 135 Å². The van der Waals surface area contributed by atoms with Gasteiger partial charge < -0.3 is 5.48 Å². The Morgan fingerprint density at radius 3 is 0.190 bits per heavy atom. The summed E-state index contributed by atoms with van der Waals surface area (Å²) >= 11 is -55.5. The third kappa shape index (κ3) is 4530. The number of hydrogen-bond donors (Lipinski definition) is 6. The molecule has 40 nitrogen and oxygen atoms in total. The van der Waals surface area contributed by atoms with Crippen molar-refractivity contribution in [2.24, 2.45) is 0 Å². The van der Waals surface area contributed by atoms with Gasteiger partial charge in [0.05, 0.1) is 0 Å². The molecule has 0 atom stereocenters. The van der Waals surface area contributed by atoms with Gasteiger partial charge in [-0.3, -0.25) is 0 Å². The van der Waals surface area contributed by atoms with Gasteiger partial charge in [0.15, 0.2) is 0 Å². The summed E-state index contributed by atoms with van der Waals surface area (Å²) in [7, 11) is 0. The van der Waals surface area contributed by atoms with Crippen LogP contribution in [0, 0.1) is 0 Å². The first-order valence-electron chi connectivity index (χ1n) is 6.60. The predicted octanol–water partition coefficient (Wildman–Crippen LogP) is -10.4. The van der Waals surface area contributed by atoms with Crippen molar-refractivity contribution in [3.63, 3.8) is 0 Å². The van der Waals surface area contributed by atoms with Crippen LogP contribution < -0.4 is 0 Å². The maximum atomic E-state index is 8.87. The zero-order valence-electron chi connectivity index (χ0n) is 27.6. The first-order chi connectivity index (χ1) is 21.6. The zero-order chi connectivity index (χ0) is 45.7. The Morgan fingerprint density at radius 1 is 0.190 bits per heavy atom. The van der Waals surface area contributed by atoms with Gasteiger partial charge in [-0.15, -0.1) is 0 Å². The molecule has 0 aromatic heterocycles. The van der Waals surface area contributed by atoms with Crippen molar-refractivity contribution in [3.05, 3.63) is 0 Å². The van der Waals surface area contributed by atoms with E-state index in [1.165, 1.54) is 0 Å². The fourth-order valence-electron chi connectivity index (χ4n) is 0. The summed E-state index contributed by atoms with van der Waals surface area (Å²) in [6.45, 7) is 0. The van der Waals surface area contributed by atoms with E-state index in [0.717, 1.165) is 0 Å². The molecule has 8 N–H and O–H groups in total. The van der Waals surface area contributed by atoms with Crippen molar-refractivity contribution >= 4 is 177 Å². The summed E-state index contributed by atoms with van der Waals surface area (Å²) in [5.41, 5.74) is 0. The van der Waals surface area contributed by atoms with Crippen molar-refractivity contribution in [2.45, 2.75) is 0 Å². The molecule has 0 aliphatic carbocycles. The molecule has 0 fully saturated rings. The average Bonchev–Trinajstić information content (AvgIpc) is 2.58. The summed E-state index contributed by atoms with van der Waals surface area (Å²) in [6, 6.07) is 0. The van der Waals surface area contributed by atoms with Crippen molar-refractivity contribution in [1.82, 2.24) is 0 Å². The minimum atomic E-state index is -5.67. The third-order valence-electron chi connectivity index (χ3n) is 0. The molecule has 58 heavy (non-hydrogen) atoms. The van der Waals surface area contributed by atoms with Gasteiger partial charge >= 0.3 is 340 Å². The zero-order valence-corrected chi connectivity index (χ0v) is 74.8. The van der Waals surface area contributed by atoms with Crippen molar-refractivity contribution in [1.29, 1.82) is 0 Å². The molecule has 0 bridgehead atoms. The van der Waals surface area contributed by atoms with Crippen LogP contribution in [0.1, 0.15) is 0 Å². The molecule has 0 saturated heterocycles. The SMILES string of the molecule is O.[Na].[Na].[Na].[Na].[Na].[Na].[O]=[W](=[O])([OH])[OH].[O]=[W](=[O])([OH])[OH].[O]=[W](=[O])([OH])[OH].[O]=[W](=[O])=[O].[O]=[W](=[O])=[O].[O]=[W](=[O])=[O].[O]=[W](=[O])=[O].[O]=[W](=[O])=[O].[O]=[W](=[O])=[O].[O]=[W](=[O])=[O].[O]=[W](=[O])=[O].[O]=[W](=[O])=[O]. The third-order valence-corrected chi connectivity index (χ3v) is 0. The van der Waals surface area contributed by atoms with Crippen LogP contribution in [0.15, 0.2) is 0 Å². The van der Waals surface area contributed by atoms with Gasteiger partial charge in [-0.25, -0.2) is 0 Å². The summed E-state index contributed by atoms with van der Waals surface area (Å²) in [6.07, 6.45) is 0.